The molecule has 2 spiro atoms. The van der Waals surface area contributed by atoms with Crippen LogP contribution in [0.15, 0.2) is 0 Å². The van der Waals surface area contributed by atoms with Crippen molar-refractivity contribution in [3.63, 3.8) is 0 Å². The van der Waals surface area contributed by atoms with Crippen molar-refractivity contribution in [2.24, 2.45) is 5.41 Å². The number of carbonyl (C=O) groups is 5. The first-order valence-electron chi connectivity index (χ1n) is 11.4. The van der Waals surface area contributed by atoms with Crippen molar-refractivity contribution >= 4 is 51.1 Å². The summed E-state index contributed by atoms with van der Waals surface area (Å²) < 4.78 is 17.9. The lowest BCUT2D eigenvalue weighted by Crippen LogP contribution is -2.77. The van der Waals surface area contributed by atoms with E-state index in [-0.39, 0.29) is 18.6 Å². The third-order valence-electron chi connectivity index (χ3n) is 8.40. The van der Waals surface area contributed by atoms with E-state index in [1.807, 2.05) is 0 Å². The standard InChI is InChI=1S/C22H28N2O9S2/c1-10-18(4,5)14(28)19(32-10)7-13-20(33-12(3)27,15(19)31-11(2)26)8-21-16(29)23(6)22(9-25,35-34-21)17(30)24(13)21/h10,13,15,25H,7-9H2,1-6H3/t10-,13-,15-,19+,20+,21-,22+/m1/s1. The maximum absolute atomic E-state index is 13.9. The lowest BCUT2D eigenvalue weighted by molar-refractivity contribution is -0.202. The molecule has 5 aliphatic heterocycles. The molecule has 6 aliphatic rings. The quantitative estimate of drug-likeness (QED) is 0.398. The van der Waals surface area contributed by atoms with Crippen LogP contribution in [0.1, 0.15) is 47.5 Å². The zero-order chi connectivity index (χ0) is 25.9. The highest BCUT2D eigenvalue weighted by Gasteiger charge is 2.86. The Morgan fingerprint density at radius 2 is 1.80 bits per heavy atom. The molecule has 0 aromatic rings. The molecule has 0 radical (unpaired) electrons. The predicted octanol–water partition coefficient (Wildman–Crippen LogP) is 0.229. The fraction of sp³-hybridized carbons (Fsp3) is 0.773. The maximum Gasteiger partial charge on any atom is 0.303 e. The number of rotatable bonds is 3. The molecule has 1 saturated carbocycles. The van der Waals surface area contributed by atoms with Crippen molar-refractivity contribution in [1.82, 2.24) is 9.80 Å². The second-order valence-corrected chi connectivity index (χ2v) is 13.3. The minimum absolute atomic E-state index is 0.123. The highest BCUT2D eigenvalue weighted by Crippen LogP contribution is 2.70. The molecular formula is C22H28N2O9S2. The molecule has 0 aromatic carbocycles. The van der Waals surface area contributed by atoms with E-state index in [4.69, 9.17) is 14.2 Å². The Bertz CT molecular complexity index is 1080. The molecule has 6 fully saturated rings. The fourth-order valence-electron chi connectivity index (χ4n) is 6.50. The summed E-state index contributed by atoms with van der Waals surface area (Å²) in [6, 6.07) is -0.995. The highest BCUT2D eigenvalue weighted by molar-refractivity contribution is 8.78. The highest BCUT2D eigenvalue weighted by atomic mass is 33.1. The maximum atomic E-state index is 13.9. The first-order chi connectivity index (χ1) is 16.2. The monoisotopic (exact) mass is 528 g/mol. The summed E-state index contributed by atoms with van der Waals surface area (Å²) >= 11 is 0. The van der Waals surface area contributed by atoms with Gasteiger partial charge in [-0.1, -0.05) is 24.6 Å². The molecule has 35 heavy (non-hydrogen) atoms. The van der Waals surface area contributed by atoms with Gasteiger partial charge in [0.25, 0.3) is 11.8 Å². The number of carbonyl (C=O) groups excluding carboxylic acids is 5. The molecule has 0 unspecified atom stereocenters. The average molecular weight is 529 g/mol. The zero-order valence-corrected chi connectivity index (χ0v) is 21.9. The summed E-state index contributed by atoms with van der Waals surface area (Å²) in [5.74, 6) is -2.71. The second kappa shape index (κ2) is 7.14. The number of esters is 2. The smallest absolute Gasteiger partial charge is 0.303 e. The Labute approximate surface area is 209 Å². The Morgan fingerprint density at radius 1 is 1.14 bits per heavy atom. The number of likely N-dealkylation sites (N-methyl/N-ethyl adjacent to an activating group) is 1. The van der Waals surface area contributed by atoms with Gasteiger partial charge >= 0.3 is 11.9 Å². The Hall–Kier alpha value is -1.83. The molecule has 5 saturated heterocycles. The molecule has 13 heteroatoms. The number of hydrogen-bond acceptors (Lipinski definition) is 11. The Morgan fingerprint density at radius 3 is 2.31 bits per heavy atom. The van der Waals surface area contributed by atoms with E-state index in [0.29, 0.717) is 0 Å². The van der Waals surface area contributed by atoms with E-state index in [1.54, 1.807) is 20.8 Å². The minimum atomic E-state index is -1.71. The van der Waals surface area contributed by atoms with Gasteiger partial charge < -0.3 is 29.1 Å². The lowest BCUT2D eigenvalue weighted by atomic mass is 9.76. The Balaban J connectivity index is 1.74. The van der Waals surface area contributed by atoms with Gasteiger partial charge in [0.15, 0.2) is 28.0 Å². The molecule has 1 aliphatic carbocycles. The molecule has 11 nitrogen and oxygen atoms in total. The molecular weight excluding hydrogens is 500 g/mol. The van der Waals surface area contributed by atoms with E-state index in [0.717, 1.165) is 21.6 Å². The third kappa shape index (κ3) is 2.65. The van der Waals surface area contributed by atoms with Crippen LogP contribution >= 0.6 is 21.6 Å². The van der Waals surface area contributed by atoms with Gasteiger partial charge in [0.05, 0.1) is 24.2 Å². The van der Waals surface area contributed by atoms with Gasteiger partial charge in [0, 0.05) is 33.7 Å². The van der Waals surface area contributed by atoms with Gasteiger partial charge in [-0.15, -0.1) is 0 Å². The lowest BCUT2D eigenvalue weighted by Gasteiger charge is -2.58. The van der Waals surface area contributed by atoms with E-state index >= 15 is 0 Å². The van der Waals surface area contributed by atoms with E-state index in [2.05, 4.69) is 0 Å². The predicted molar refractivity (Wildman–Crippen MR) is 122 cm³/mol. The molecule has 7 atom stereocenters. The number of aliphatic hydroxyl groups excluding tert-OH is 1. The van der Waals surface area contributed by atoms with E-state index in [9.17, 15) is 29.1 Å². The fourth-order valence-corrected chi connectivity index (χ4v) is 10.1. The summed E-state index contributed by atoms with van der Waals surface area (Å²) in [7, 11) is 3.65. The van der Waals surface area contributed by atoms with Crippen molar-refractivity contribution < 1.29 is 43.3 Å². The van der Waals surface area contributed by atoms with Crippen molar-refractivity contribution in [2.75, 3.05) is 13.7 Å². The number of hydrogen-bond donors (Lipinski definition) is 1. The van der Waals surface area contributed by atoms with Crippen LogP contribution in [0.5, 0.6) is 0 Å². The van der Waals surface area contributed by atoms with Gasteiger partial charge in [-0.05, 0) is 17.7 Å². The number of Topliss-reactive ketones (excluding diaryl/α,β-unsaturated/α-hetero) is 1. The van der Waals surface area contributed by atoms with Crippen LogP contribution in [0.3, 0.4) is 0 Å². The average Bonchev–Trinajstić information content (AvgIpc) is 3.24. The number of ether oxygens (including phenoxy) is 3. The third-order valence-corrected chi connectivity index (χ3v) is 12.0. The minimum Gasteiger partial charge on any atom is -0.455 e. The second-order valence-electron chi connectivity index (χ2n) is 10.6. The number of aliphatic hydroxyl groups is 1. The van der Waals surface area contributed by atoms with Crippen LogP contribution in [-0.2, 0) is 38.2 Å². The van der Waals surface area contributed by atoms with Crippen LogP contribution in [0.4, 0.5) is 0 Å². The van der Waals surface area contributed by atoms with E-state index in [1.165, 1.54) is 30.7 Å². The summed E-state index contributed by atoms with van der Waals surface area (Å²) in [6.07, 6.45) is -2.24. The van der Waals surface area contributed by atoms with Gasteiger partial charge in [-0.3, -0.25) is 24.0 Å². The summed E-state index contributed by atoms with van der Waals surface area (Å²) in [5.41, 5.74) is -4.32. The Kier molecular flexibility index (Phi) is 5.07. The molecule has 5 heterocycles. The largest absolute Gasteiger partial charge is 0.455 e. The molecule has 6 rings (SSSR count). The summed E-state index contributed by atoms with van der Waals surface area (Å²) in [6.45, 7) is 6.94. The van der Waals surface area contributed by atoms with Crippen LogP contribution in [0.25, 0.3) is 0 Å². The topological polar surface area (TPSA) is 140 Å². The molecule has 2 amide bonds. The summed E-state index contributed by atoms with van der Waals surface area (Å²) in [5, 5.41) is 10.2. The summed E-state index contributed by atoms with van der Waals surface area (Å²) in [4.78, 5) is 65.8. The van der Waals surface area contributed by atoms with Crippen molar-refractivity contribution in [3.8, 4) is 0 Å². The van der Waals surface area contributed by atoms with Crippen molar-refractivity contribution in [3.05, 3.63) is 0 Å². The molecule has 1 N–H and O–H groups in total. The van der Waals surface area contributed by atoms with Crippen LogP contribution < -0.4 is 0 Å². The molecule has 192 valence electrons. The van der Waals surface area contributed by atoms with Crippen LogP contribution in [0, 0.1) is 5.41 Å². The van der Waals surface area contributed by atoms with Gasteiger partial charge in [-0.25, -0.2) is 0 Å². The number of amides is 2. The number of piperazine rings is 1. The van der Waals surface area contributed by atoms with Crippen LogP contribution in [-0.4, -0.2) is 97.3 Å². The first-order valence-corrected chi connectivity index (χ1v) is 13.5. The SMILES string of the molecule is CC(=O)O[C@H]1[C@]2(OC(C)=O)C[C@]34SS[C@@](CO)(C(=O)N3[C@@H]2C[C@@]12O[C@H](C)C(C)(C)C2=O)N(C)C4=O. The number of ketones is 1. The van der Waals surface area contributed by atoms with Crippen molar-refractivity contribution in [1.29, 1.82) is 0 Å². The molecule has 2 bridgehead atoms. The number of fused-ring (bicyclic) bond motifs is 3. The van der Waals surface area contributed by atoms with Crippen molar-refractivity contribution in [2.45, 2.75) is 86.7 Å². The van der Waals surface area contributed by atoms with Crippen LogP contribution in [0.2, 0.25) is 0 Å². The molecule has 0 aromatic heterocycles. The normalized spacial score (nSPS) is 45.2. The van der Waals surface area contributed by atoms with Gasteiger partial charge in [-0.2, -0.15) is 0 Å². The van der Waals surface area contributed by atoms with E-state index < -0.39 is 75.0 Å². The van der Waals surface area contributed by atoms with Gasteiger partial charge in [0.2, 0.25) is 4.87 Å². The zero-order valence-electron chi connectivity index (χ0n) is 20.3. The first kappa shape index (κ1) is 24.8. The number of nitrogens with zero attached hydrogens (tertiary/aromatic N) is 2. The van der Waals surface area contributed by atoms with Gasteiger partial charge in [0.1, 0.15) is 0 Å².